The summed E-state index contributed by atoms with van der Waals surface area (Å²) in [7, 11) is 0. The van der Waals surface area contributed by atoms with E-state index < -0.39 is 0 Å². The zero-order chi connectivity index (χ0) is 18.4. The predicted octanol–water partition coefficient (Wildman–Crippen LogP) is 3.31. The van der Waals surface area contributed by atoms with Gasteiger partial charge < -0.3 is 19.9 Å². The van der Waals surface area contributed by atoms with Crippen molar-refractivity contribution in [3.8, 4) is 11.8 Å². The van der Waals surface area contributed by atoms with Crippen LogP contribution in [0, 0.1) is 11.3 Å². The van der Waals surface area contributed by atoms with E-state index in [4.69, 9.17) is 10.00 Å². The topological polar surface area (TPSA) is 68.6 Å². The highest BCUT2D eigenvalue weighted by molar-refractivity contribution is 5.91. The van der Waals surface area contributed by atoms with E-state index in [1.807, 2.05) is 31.2 Å². The molecule has 1 aliphatic rings. The molecule has 6 heteroatoms. The van der Waals surface area contributed by atoms with Crippen molar-refractivity contribution in [1.29, 1.82) is 5.26 Å². The molecule has 0 saturated carbocycles. The Kier molecular flexibility index (Phi) is 5.59. The summed E-state index contributed by atoms with van der Waals surface area (Å²) in [4.78, 5) is 16.5. The van der Waals surface area contributed by atoms with Crippen LogP contribution in [0.2, 0.25) is 0 Å². The van der Waals surface area contributed by atoms with Gasteiger partial charge in [0.05, 0.1) is 23.5 Å². The number of nitrogens with zero attached hydrogens (tertiary/aromatic N) is 3. The molecule has 0 aromatic heterocycles. The molecular weight excluding hydrogens is 328 g/mol. The minimum atomic E-state index is -0.176. The van der Waals surface area contributed by atoms with Crippen LogP contribution in [-0.4, -0.2) is 43.7 Å². The number of piperazine rings is 1. The lowest BCUT2D eigenvalue weighted by Crippen LogP contribution is -2.50. The molecule has 0 aliphatic carbocycles. The predicted molar refractivity (Wildman–Crippen MR) is 102 cm³/mol. The summed E-state index contributed by atoms with van der Waals surface area (Å²) in [5, 5.41) is 12.0. The molecule has 0 spiro atoms. The van der Waals surface area contributed by atoms with E-state index in [1.54, 1.807) is 29.2 Å². The Morgan fingerprint density at radius 2 is 1.81 bits per heavy atom. The van der Waals surface area contributed by atoms with E-state index >= 15 is 0 Å². The first-order valence-corrected chi connectivity index (χ1v) is 8.74. The quantitative estimate of drug-likeness (QED) is 0.918. The summed E-state index contributed by atoms with van der Waals surface area (Å²) >= 11 is 0. The van der Waals surface area contributed by atoms with Crippen LogP contribution in [0.15, 0.2) is 48.5 Å². The third-order valence-corrected chi connectivity index (χ3v) is 4.36. The summed E-state index contributed by atoms with van der Waals surface area (Å²) < 4.78 is 5.70. The van der Waals surface area contributed by atoms with Crippen molar-refractivity contribution in [3.05, 3.63) is 54.1 Å². The number of para-hydroxylation sites is 3. The number of nitrogens with one attached hydrogen (secondary N) is 1. The Labute approximate surface area is 153 Å². The molecule has 0 unspecified atom stereocenters. The molecule has 6 nitrogen and oxygen atoms in total. The SMILES string of the molecule is CCOc1ccccc1N1CCN(C(=O)Nc2ccccc2C#N)CC1. The molecule has 1 fully saturated rings. The van der Waals surface area contributed by atoms with Gasteiger partial charge in [-0.05, 0) is 31.2 Å². The van der Waals surface area contributed by atoms with Crippen LogP contribution in [0.1, 0.15) is 12.5 Å². The molecule has 3 rings (SSSR count). The number of rotatable bonds is 4. The number of ether oxygens (including phenoxy) is 1. The maximum atomic E-state index is 12.5. The van der Waals surface area contributed by atoms with E-state index in [-0.39, 0.29) is 6.03 Å². The number of urea groups is 1. The van der Waals surface area contributed by atoms with Crippen LogP contribution in [0.3, 0.4) is 0 Å². The number of hydrogen-bond acceptors (Lipinski definition) is 4. The lowest BCUT2D eigenvalue weighted by atomic mass is 10.2. The van der Waals surface area contributed by atoms with Crippen molar-refractivity contribution in [2.24, 2.45) is 0 Å². The van der Waals surface area contributed by atoms with Gasteiger partial charge in [0.25, 0.3) is 0 Å². The molecule has 0 bridgehead atoms. The molecule has 0 radical (unpaired) electrons. The normalized spacial score (nSPS) is 13.8. The molecular formula is C20H22N4O2. The third-order valence-electron chi connectivity index (χ3n) is 4.36. The van der Waals surface area contributed by atoms with Crippen LogP contribution in [0.4, 0.5) is 16.2 Å². The number of benzene rings is 2. The first-order chi connectivity index (χ1) is 12.7. The highest BCUT2D eigenvalue weighted by Crippen LogP contribution is 2.29. The van der Waals surface area contributed by atoms with Crippen LogP contribution in [0.5, 0.6) is 5.75 Å². The van der Waals surface area contributed by atoms with E-state index in [1.165, 1.54) is 0 Å². The second kappa shape index (κ2) is 8.26. The minimum absolute atomic E-state index is 0.176. The minimum Gasteiger partial charge on any atom is -0.492 e. The van der Waals surface area contributed by atoms with Gasteiger partial charge in [-0.25, -0.2) is 4.79 Å². The fraction of sp³-hybridized carbons (Fsp3) is 0.300. The summed E-state index contributed by atoms with van der Waals surface area (Å²) in [6, 6.07) is 16.9. The third kappa shape index (κ3) is 3.89. The number of carbonyl (C=O) groups excluding carboxylic acids is 1. The van der Waals surface area contributed by atoms with Crippen LogP contribution in [-0.2, 0) is 0 Å². The number of anilines is 2. The molecule has 0 atom stereocenters. The lowest BCUT2D eigenvalue weighted by Gasteiger charge is -2.36. The van der Waals surface area contributed by atoms with Gasteiger partial charge in [0, 0.05) is 26.2 Å². The number of hydrogen-bond donors (Lipinski definition) is 1. The van der Waals surface area contributed by atoms with Crippen LogP contribution >= 0.6 is 0 Å². The Balaban J connectivity index is 1.62. The fourth-order valence-electron chi connectivity index (χ4n) is 3.03. The van der Waals surface area contributed by atoms with Gasteiger partial charge in [0.1, 0.15) is 11.8 Å². The summed E-state index contributed by atoms with van der Waals surface area (Å²) in [6.07, 6.45) is 0. The molecule has 1 aliphatic heterocycles. The average Bonchev–Trinajstić information content (AvgIpc) is 2.69. The van der Waals surface area contributed by atoms with Crippen molar-refractivity contribution in [3.63, 3.8) is 0 Å². The molecule has 1 heterocycles. The Morgan fingerprint density at radius 1 is 1.12 bits per heavy atom. The summed E-state index contributed by atoms with van der Waals surface area (Å²) in [5.41, 5.74) is 2.07. The number of carbonyl (C=O) groups is 1. The molecule has 2 aromatic carbocycles. The zero-order valence-electron chi connectivity index (χ0n) is 14.8. The maximum absolute atomic E-state index is 12.5. The smallest absolute Gasteiger partial charge is 0.322 e. The van der Waals surface area contributed by atoms with Gasteiger partial charge in [-0.1, -0.05) is 24.3 Å². The van der Waals surface area contributed by atoms with Gasteiger partial charge in [0.2, 0.25) is 0 Å². The number of amides is 2. The largest absolute Gasteiger partial charge is 0.492 e. The first-order valence-electron chi connectivity index (χ1n) is 8.74. The monoisotopic (exact) mass is 350 g/mol. The molecule has 26 heavy (non-hydrogen) atoms. The molecule has 2 aromatic rings. The van der Waals surface area contributed by atoms with Gasteiger partial charge in [0.15, 0.2) is 0 Å². The van der Waals surface area contributed by atoms with Gasteiger partial charge in [-0.15, -0.1) is 0 Å². The molecule has 1 saturated heterocycles. The van der Waals surface area contributed by atoms with Gasteiger partial charge in [-0.3, -0.25) is 0 Å². The average molecular weight is 350 g/mol. The van der Waals surface area contributed by atoms with Crippen molar-refractivity contribution in [1.82, 2.24) is 4.90 Å². The van der Waals surface area contributed by atoms with Crippen molar-refractivity contribution >= 4 is 17.4 Å². The maximum Gasteiger partial charge on any atom is 0.322 e. The zero-order valence-corrected chi connectivity index (χ0v) is 14.8. The Morgan fingerprint density at radius 3 is 2.54 bits per heavy atom. The van der Waals surface area contributed by atoms with Gasteiger partial charge in [-0.2, -0.15) is 5.26 Å². The summed E-state index contributed by atoms with van der Waals surface area (Å²) in [6.45, 7) is 5.28. The van der Waals surface area contributed by atoms with Crippen LogP contribution < -0.4 is 15.0 Å². The lowest BCUT2D eigenvalue weighted by molar-refractivity contribution is 0.208. The van der Waals surface area contributed by atoms with E-state index in [0.29, 0.717) is 30.9 Å². The van der Waals surface area contributed by atoms with Crippen molar-refractivity contribution < 1.29 is 9.53 Å². The molecule has 2 amide bonds. The van der Waals surface area contributed by atoms with Crippen molar-refractivity contribution in [2.45, 2.75) is 6.92 Å². The highest BCUT2D eigenvalue weighted by Gasteiger charge is 2.23. The first kappa shape index (κ1) is 17.6. The van der Waals surface area contributed by atoms with Gasteiger partial charge >= 0.3 is 6.03 Å². The summed E-state index contributed by atoms with van der Waals surface area (Å²) in [5.74, 6) is 0.871. The molecule has 134 valence electrons. The highest BCUT2D eigenvalue weighted by atomic mass is 16.5. The van der Waals surface area contributed by atoms with E-state index in [0.717, 1.165) is 24.5 Å². The molecule has 1 N–H and O–H groups in total. The number of nitriles is 1. The van der Waals surface area contributed by atoms with E-state index in [2.05, 4.69) is 16.3 Å². The second-order valence-electron chi connectivity index (χ2n) is 5.96. The standard InChI is InChI=1S/C20H22N4O2/c1-2-26-19-10-6-5-9-18(19)23-11-13-24(14-12-23)20(25)22-17-8-4-3-7-16(17)15-21/h3-10H,2,11-14H2,1H3,(H,22,25). The fourth-order valence-corrected chi connectivity index (χ4v) is 3.03. The Bertz CT molecular complexity index is 807. The van der Waals surface area contributed by atoms with Crippen molar-refractivity contribution in [2.75, 3.05) is 43.0 Å². The Hall–Kier alpha value is -3.20. The van der Waals surface area contributed by atoms with Crippen LogP contribution in [0.25, 0.3) is 0 Å². The second-order valence-corrected chi connectivity index (χ2v) is 5.96. The van der Waals surface area contributed by atoms with E-state index in [9.17, 15) is 4.79 Å².